The van der Waals surface area contributed by atoms with E-state index < -0.39 is 74.6 Å². The number of aliphatic hydroxyl groups excluding tert-OH is 7. The third-order valence-corrected chi connectivity index (χ3v) is 11.4. The van der Waals surface area contributed by atoms with Crippen LogP contribution < -0.4 is 4.90 Å². The molecule has 0 aliphatic carbocycles. The molecular formula is C44H62N4O15. The average molecular weight is 887 g/mol. The van der Waals surface area contributed by atoms with Crippen LogP contribution in [0.5, 0.6) is 0 Å². The summed E-state index contributed by atoms with van der Waals surface area (Å²) in [6.45, 7) is 7.35. The molecular weight excluding hydrogens is 824 g/mol. The van der Waals surface area contributed by atoms with E-state index in [9.17, 15) is 45.3 Å². The van der Waals surface area contributed by atoms with Gasteiger partial charge in [0, 0.05) is 43.6 Å². The largest absolute Gasteiger partial charge is 0.394 e. The number of rotatable bonds is 20. The summed E-state index contributed by atoms with van der Waals surface area (Å²) in [6.07, 6.45) is -13.8. The zero-order valence-corrected chi connectivity index (χ0v) is 36.0. The van der Waals surface area contributed by atoms with E-state index >= 15 is 0 Å². The van der Waals surface area contributed by atoms with Crippen LogP contribution >= 0.6 is 0 Å². The molecule has 10 atom stereocenters. The van der Waals surface area contributed by atoms with E-state index in [4.69, 9.17) is 28.4 Å². The van der Waals surface area contributed by atoms with E-state index in [0.717, 1.165) is 17.5 Å². The fourth-order valence-electron chi connectivity index (χ4n) is 7.72. The lowest BCUT2D eigenvalue weighted by Crippen LogP contribution is -2.64. The van der Waals surface area contributed by atoms with Gasteiger partial charge in [-0.3, -0.25) is 9.59 Å². The number of fused-ring (bicyclic) bond motifs is 5. The molecule has 3 aromatic rings. The second-order valence-corrected chi connectivity index (χ2v) is 17.2. The van der Waals surface area contributed by atoms with Gasteiger partial charge >= 0.3 is 0 Å². The maximum absolute atomic E-state index is 13.9. The first-order valence-corrected chi connectivity index (χ1v) is 21.5. The summed E-state index contributed by atoms with van der Waals surface area (Å²) in [7, 11) is 0. The van der Waals surface area contributed by atoms with Crippen molar-refractivity contribution in [1.82, 2.24) is 15.0 Å². The van der Waals surface area contributed by atoms with Gasteiger partial charge in [-0.15, -0.1) is 5.10 Å². The number of ketones is 1. The van der Waals surface area contributed by atoms with E-state index in [-0.39, 0.29) is 49.6 Å². The van der Waals surface area contributed by atoms with Crippen LogP contribution in [0.4, 0.5) is 5.69 Å². The highest BCUT2D eigenvalue weighted by molar-refractivity contribution is 6.01. The van der Waals surface area contributed by atoms with Crippen molar-refractivity contribution in [3.05, 3.63) is 54.1 Å². The molecule has 19 heteroatoms. The van der Waals surface area contributed by atoms with Crippen molar-refractivity contribution in [2.45, 2.75) is 127 Å². The topological polar surface area (TPSA) is 265 Å². The molecule has 3 aliphatic heterocycles. The second kappa shape index (κ2) is 22.4. The summed E-state index contributed by atoms with van der Waals surface area (Å²) in [4.78, 5) is 28.5. The first-order chi connectivity index (χ1) is 30.2. The molecule has 6 rings (SSSR count). The smallest absolute Gasteiger partial charge is 0.227 e. The predicted molar refractivity (Wildman–Crippen MR) is 224 cm³/mol. The number of carbonyl (C=O) groups excluding carboxylic acids is 2. The van der Waals surface area contributed by atoms with Crippen LogP contribution in [0.3, 0.4) is 0 Å². The molecule has 1 aromatic heterocycles. The number of amides is 1. The fraction of sp³-hybridized carbons (Fsp3) is 0.636. The van der Waals surface area contributed by atoms with Gasteiger partial charge in [-0.1, -0.05) is 68.4 Å². The molecule has 1 amide bonds. The summed E-state index contributed by atoms with van der Waals surface area (Å²) < 4.78 is 35.6. The van der Waals surface area contributed by atoms with Crippen LogP contribution in [-0.4, -0.2) is 170 Å². The minimum Gasteiger partial charge on any atom is -0.394 e. The van der Waals surface area contributed by atoms with Gasteiger partial charge in [0.15, 0.2) is 12.6 Å². The number of benzene rings is 2. The summed E-state index contributed by atoms with van der Waals surface area (Å²) >= 11 is 0. The zero-order chi connectivity index (χ0) is 45.3. The molecule has 0 saturated carbocycles. The number of carbonyl (C=O) groups is 2. The van der Waals surface area contributed by atoms with Gasteiger partial charge in [0.2, 0.25) is 5.91 Å². The number of Topliss-reactive ketones (excluding diaryl/α,β-unsaturated/α-hetero) is 1. The molecule has 63 heavy (non-hydrogen) atoms. The molecule has 7 N–H and O–H groups in total. The number of para-hydroxylation sites is 1. The number of hydrogen-bond acceptors (Lipinski definition) is 17. The first kappa shape index (κ1) is 48.7. The Bertz CT molecular complexity index is 1940. The van der Waals surface area contributed by atoms with E-state index in [2.05, 4.69) is 31.1 Å². The molecule has 19 nitrogen and oxygen atoms in total. The quantitative estimate of drug-likeness (QED) is 0.0770. The highest BCUT2D eigenvalue weighted by atomic mass is 16.7. The Balaban J connectivity index is 1.07. The van der Waals surface area contributed by atoms with Crippen molar-refractivity contribution in [3.8, 4) is 22.5 Å². The number of aliphatic hydroxyl groups is 7. The molecule has 2 saturated heterocycles. The lowest BCUT2D eigenvalue weighted by molar-refractivity contribution is -0.359. The van der Waals surface area contributed by atoms with Gasteiger partial charge in [-0.2, -0.15) is 0 Å². The van der Waals surface area contributed by atoms with Crippen molar-refractivity contribution >= 4 is 17.4 Å². The van der Waals surface area contributed by atoms with Crippen LogP contribution in [0.1, 0.15) is 58.4 Å². The molecule has 0 spiro atoms. The predicted octanol–water partition coefficient (Wildman–Crippen LogP) is 0.698. The maximum Gasteiger partial charge on any atom is 0.227 e. The molecule has 5 unspecified atom stereocenters. The fourth-order valence-corrected chi connectivity index (χ4v) is 7.72. The number of nitrogens with zero attached hydrogens (tertiary/aromatic N) is 4. The standard InChI is InChI=1S/C44H62N4O15/c1-44(2,3)16-19-59-22-21-58-18-8-10-27(51)14-15-33(52)47-23-26-9-4-5-11-28(26)35-34(29-12-6-7-13-30(29)47)45-46-48(35)17-20-60-42-40(57)38(55)41(32(25-50)62-42)63-43-39(56)37(54)36(53)31(24-49)61-43/h4-7,9,11-13,31-32,36-43,49-50,53-57H,8,10,14-25H2,1-3H3/t31?,32?,36-,37-,38?,39?,40?,41+,42+,43-/m0/s1. The summed E-state index contributed by atoms with van der Waals surface area (Å²) in [5.41, 5.74) is 4.19. The Labute approximate surface area is 366 Å². The Hall–Kier alpha value is -3.80. The lowest BCUT2D eigenvalue weighted by atomic mass is 9.93. The minimum absolute atomic E-state index is 0.0182. The Morgan fingerprint density at radius 2 is 1.41 bits per heavy atom. The van der Waals surface area contributed by atoms with Gasteiger partial charge in [0.25, 0.3) is 0 Å². The third kappa shape index (κ3) is 12.1. The zero-order valence-electron chi connectivity index (χ0n) is 36.0. The molecule has 2 fully saturated rings. The van der Waals surface area contributed by atoms with Crippen molar-refractivity contribution in [2.75, 3.05) is 51.1 Å². The van der Waals surface area contributed by atoms with E-state index in [1.54, 1.807) is 9.58 Å². The molecule has 348 valence electrons. The molecule has 0 radical (unpaired) electrons. The van der Waals surface area contributed by atoms with Gasteiger partial charge < -0.3 is 69.1 Å². The van der Waals surface area contributed by atoms with Crippen molar-refractivity contribution in [3.63, 3.8) is 0 Å². The summed E-state index contributed by atoms with van der Waals surface area (Å²) in [6, 6.07) is 14.9. The Morgan fingerprint density at radius 1 is 0.746 bits per heavy atom. The molecule has 2 aromatic carbocycles. The summed E-state index contributed by atoms with van der Waals surface area (Å²) in [5, 5.41) is 81.5. The normalized spacial score (nSPS) is 27.2. The molecule has 4 heterocycles. The van der Waals surface area contributed by atoms with Crippen LogP contribution in [0.2, 0.25) is 0 Å². The third-order valence-electron chi connectivity index (χ3n) is 11.4. The number of anilines is 1. The van der Waals surface area contributed by atoms with Gasteiger partial charge in [0.1, 0.15) is 60.3 Å². The van der Waals surface area contributed by atoms with Crippen LogP contribution in [0.25, 0.3) is 22.5 Å². The van der Waals surface area contributed by atoms with E-state index in [1.807, 2.05) is 48.5 Å². The van der Waals surface area contributed by atoms with Crippen LogP contribution in [0, 0.1) is 5.41 Å². The Kier molecular flexibility index (Phi) is 17.3. The summed E-state index contributed by atoms with van der Waals surface area (Å²) in [5.74, 6) is -0.232. The molecule has 3 aliphatic rings. The van der Waals surface area contributed by atoms with Crippen LogP contribution in [-0.2, 0) is 51.1 Å². The minimum atomic E-state index is -1.79. The van der Waals surface area contributed by atoms with Gasteiger partial charge in [-0.05, 0) is 29.9 Å². The highest BCUT2D eigenvalue weighted by Gasteiger charge is 2.50. The van der Waals surface area contributed by atoms with E-state index in [0.29, 0.717) is 61.9 Å². The first-order valence-electron chi connectivity index (χ1n) is 21.5. The van der Waals surface area contributed by atoms with Crippen molar-refractivity contribution < 1.29 is 73.8 Å². The highest BCUT2D eigenvalue weighted by Crippen LogP contribution is 2.41. The number of ether oxygens (including phenoxy) is 6. The van der Waals surface area contributed by atoms with Gasteiger partial charge in [0.05, 0.1) is 57.5 Å². The SMILES string of the molecule is CC(C)(C)CCOCCOCCCC(=O)CCC(=O)N1Cc2ccccc2-c2c(nnn2CCO[C@@H]2OC(CO)[C@@H](O[C@@H]3OC(CO)[C@H](O)[C@H](O)C3O)C(O)C2O)-c2ccccc21. The van der Waals surface area contributed by atoms with Gasteiger partial charge in [-0.25, -0.2) is 4.68 Å². The maximum atomic E-state index is 13.9. The average Bonchev–Trinajstić information content (AvgIpc) is 3.68. The Morgan fingerprint density at radius 3 is 2.14 bits per heavy atom. The van der Waals surface area contributed by atoms with Crippen molar-refractivity contribution in [1.29, 1.82) is 0 Å². The monoisotopic (exact) mass is 886 g/mol. The van der Waals surface area contributed by atoms with Crippen molar-refractivity contribution in [2.24, 2.45) is 5.41 Å². The number of hydrogen-bond donors (Lipinski definition) is 7. The second-order valence-electron chi connectivity index (χ2n) is 17.2. The molecule has 0 bridgehead atoms. The van der Waals surface area contributed by atoms with E-state index in [1.165, 1.54) is 0 Å². The number of aromatic nitrogens is 3. The lowest BCUT2D eigenvalue weighted by Gasteiger charge is -2.45. The van der Waals surface area contributed by atoms with Crippen LogP contribution in [0.15, 0.2) is 48.5 Å².